The predicted octanol–water partition coefficient (Wildman–Crippen LogP) is 4.05. The smallest absolute Gasteiger partial charge is 0.141 e. The van der Waals surface area contributed by atoms with Crippen molar-refractivity contribution in [3.63, 3.8) is 0 Å². The number of hydrogen-bond donors (Lipinski definition) is 1. The Kier molecular flexibility index (Phi) is 3.59. The Labute approximate surface area is 104 Å². The number of nitrogens with zero attached hydrogens (tertiary/aromatic N) is 1. The van der Waals surface area contributed by atoms with Crippen molar-refractivity contribution in [2.45, 2.75) is 13.0 Å². The molecule has 1 unspecified atom stereocenters. The predicted molar refractivity (Wildman–Crippen MR) is 67.7 cm³/mol. The number of hydrogen-bond acceptors (Lipinski definition) is 2. The summed E-state index contributed by atoms with van der Waals surface area (Å²) < 4.78 is 12.7. The number of nitrogens with one attached hydrogen (secondary N) is 1. The van der Waals surface area contributed by atoms with Crippen LogP contribution in [0.25, 0.3) is 0 Å². The number of benzene rings is 1. The highest BCUT2D eigenvalue weighted by Gasteiger charge is 2.05. The Morgan fingerprint density at radius 1 is 1.18 bits per heavy atom. The summed E-state index contributed by atoms with van der Waals surface area (Å²) in [4.78, 5) is 3.95. The minimum atomic E-state index is -0.338. The third-order valence-corrected chi connectivity index (χ3v) is 2.71. The molecule has 0 spiro atoms. The molecule has 1 N–H and O–H groups in total. The SMILES string of the molecule is CC(Nc1ccc(F)cn1)c1ccc(Cl)cc1. The fourth-order valence-corrected chi connectivity index (χ4v) is 1.64. The summed E-state index contributed by atoms with van der Waals surface area (Å²) in [5, 5.41) is 3.89. The van der Waals surface area contributed by atoms with Crippen LogP contribution in [0.3, 0.4) is 0 Å². The lowest BCUT2D eigenvalue weighted by Crippen LogP contribution is -2.07. The van der Waals surface area contributed by atoms with Crippen molar-refractivity contribution in [1.29, 1.82) is 0 Å². The number of pyridine rings is 1. The fraction of sp³-hybridized carbons (Fsp3) is 0.154. The first-order chi connectivity index (χ1) is 8.15. The number of rotatable bonds is 3. The van der Waals surface area contributed by atoms with E-state index in [0.717, 1.165) is 5.56 Å². The topological polar surface area (TPSA) is 24.9 Å². The van der Waals surface area contributed by atoms with Gasteiger partial charge in [-0.1, -0.05) is 23.7 Å². The van der Waals surface area contributed by atoms with E-state index in [9.17, 15) is 4.39 Å². The second-order valence-corrected chi connectivity index (χ2v) is 4.22. The van der Waals surface area contributed by atoms with Gasteiger partial charge in [0.15, 0.2) is 0 Å². The van der Waals surface area contributed by atoms with Crippen LogP contribution in [-0.2, 0) is 0 Å². The van der Waals surface area contributed by atoms with E-state index < -0.39 is 0 Å². The Morgan fingerprint density at radius 3 is 2.47 bits per heavy atom. The van der Waals surface area contributed by atoms with Crippen molar-refractivity contribution < 1.29 is 4.39 Å². The lowest BCUT2D eigenvalue weighted by molar-refractivity contribution is 0.621. The molecule has 0 aliphatic rings. The molecule has 2 rings (SSSR count). The Morgan fingerprint density at radius 2 is 1.88 bits per heavy atom. The highest BCUT2D eigenvalue weighted by molar-refractivity contribution is 6.30. The van der Waals surface area contributed by atoms with Crippen molar-refractivity contribution in [2.75, 3.05) is 5.32 Å². The standard InChI is InChI=1S/C13H12ClFN2/c1-9(10-2-4-11(14)5-3-10)17-13-7-6-12(15)8-16-13/h2-9H,1H3,(H,16,17). The molecule has 1 aromatic heterocycles. The molecule has 0 saturated carbocycles. The van der Waals surface area contributed by atoms with Gasteiger partial charge in [0.25, 0.3) is 0 Å². The summed E-state index contributed by atoms with van der Waals surface area (Å²) >= 11 is 5.82. The summed E-state index contributed by atoms with van der Waals surface area (Å²) in [6, 6.07) is 10.7. The normalized spacial score (nSPS) is 12.2. The molecule has 1 atom stereocenters. The van der Waals surface area contributed by atoms with Crippen LogP contribution in [0.1, 0.15) is 18.5 Å². The first kappa shape index (κ1) is 11.9. The fourth-order valence-electron chi connectivity index (χ4n) is 1.52. The molecule has 0 fully saturated rings. The van der Waals surface area contributed by atoms with Gasteiger partial charge in [-0.2, -0.15) is 0 Å². The Hall–Kier alpha value is -1.61. The molecular weight excluding hydrogens is 239 g/mol. The van der Waals surface area contributed by atoms with Crippen molar-refractivity contribution in [3.8, 4) is 0 Å². The van der Waals surface area contributed by atoms with E-state index in [1.165, 1.54) is 12.3 Å². The molecule has 0 aliphatic heterocycles. The molecule has 0 bridgehead atoms. The third kappa shape index (κ3) is 3.17. The summed E-state index contributed by atoms with van der Waals surface area (Å²) in [5.74, 6) is 0.309. The van der Waals surface area contributed by atoms with E-state index in [0.29, 0.717) is 10.8 Å². The Balaban J connectivity index is 2.08. The summed E-state index contributed by atoms with van der Waals surface area (Å²) in [5.41, 5.74) is 1.10. The van der Waals surface area contributed by atoms with Crippen molar-refractivity contribution in [3.05, 3.63) is 59.0 Å². The molecule has 88 valence electrons. The van der Waals surface area contributed by atoms with Gasteiger partial charge in [0.05, 0.1) is 6.20 Å². The largest absolute Gasteiger partial charge is 0.364 e. The molecule has 1 aromatic carbocycles. The summed E-state index contributed by atoms with van der Waals surface area (Å²) in [6.45, 7) is 2.01. The highest BCUT2D eigenvalue weighted by atomic mass is 35.5. The van der Waals surface area contributed by atoms with Crippen molar-refractivity contribution in [2.24, 2.45) is 0 Å². The zero-order chi connectivity index (χ0) is 12.3. The van der Waals surface area contributed by atoms with Crippen LogP contribution in [0.15, 0.2) is 42.6 Å². The summed E-state index contributed by atoms with van der Waals surface area (Å²) in [6.07, 6.45) is 1.19. The van der Waals surface area contributed by atoms with E-state index in [-0.39, 0.29) is 11.9 Å². The second-order valence-electron chi connectivity index (χ2n) is 3.78. The minimum absolute atomic E-state index is 0.0882. The number of aromatic nitrogens is 1. The van der Waals surface area contributed by atoms with Crippen molar-refractivity contribution in [1.82, 2.24) is 4.98 Å². The maximum Gasteiger partial charge on any atom is 0.141 e. The van der Waals surface area contributed by atoms with Crippen LogP contribution in [0.2, 0.25) is 5.02 Å². The van der Waals surface area contributed by atoms with Gasteiger partial charge >= 0.3 is 0 Å². The number of halogens is 2. The van der Waals surface area contributed by atoms with Crippen LogP contribution in [-0.4, -0.2) is 4.98 Å². The highest BCUT2D eigenvalue weighted by Crippen LogP contribution is 2.19. The molecule has 4 heteroatoms. The zero-order valence-corrected chi connectivity index (χ0v) is 10.1. The van der Waals surface area contributed by atoms with Gasteiger partial charge in [-0.05, 0) is 36.8 Å². The average molecular weight is 251 g/mol. The van der Waals surface area contributed by atoms with Gasteiger partial charge in [0.2, 0.25) is 0 Å². The lowest BCUT2D eigenvalue weighted by Gasteiger charge is -2.14. The van der Waals surface area contributed by atoms with Crippen LogP contribution in [0.4, 0.5) is 10.2 Å². The van der Waals surface area contributed by atoms with E-state index in [2.05, 4.69) is 10.3 Å². The first-order valence-corrected chi connectivity index (χ1v) is 5.66. The van der Waals surface area contributed by atoms with Gasteiger partial charge in [0, 0.05) is 11.1 Å². The first-order valence-electron chi connectivity index (χ1n) is 5.29. The average Bonchev–Trinajstić information content (AvgIpc) is 2.33. The van der Waals surface area contributed by atoms with Gasteiger partial charge in [-0.25, -0.2) is 9.37 Å². The maximum atomic E-state index is 12.7. The monoisotopic (exact) mass is 250 g/mol. The van der Waals surface area contributed by atoms with Crippen molar-refractivity contribution >= 4 is 17.4 Å². The van der Waals surface area contributed by atoms with E-state index in [4.69, 9.17) is 11.6 Å². The molecule has 0 amide bonds. The second kappa shape index (κ2) is 5.15. The molecule has 0 radical (unpaired) electrons. The molecule has 0 aliphatic carbocycles. The van der Waals surface area contributed by atoms with Gasteiger partial charge < -0.3 is 5.32 Å². The lowest BCUT2D eigenvalue weighted by atomic mass is 10.1. The van der Waals surface area contributed by atoms with E-state index in [1.807, 2.05) is 31.2 Å². The van der Waals surface area contributed by atoms with Crippen LogP contribution >= 0.6 is 11.6 Å². The van der Waals surface area contributed by atoms with Crippen LogP contribution < -0.4 is 5.32 Å². The molecular formula is C13H12ClFN2. The Bertz CT molecular complexity index is 482. The van der Waals surface area contributed by atoms with E-state index >= 15 is 0 Å². The molecule has 17 heavy (non-hydrogen) atoms. The maximum absolute atomic E-state index is 12.7. The van der Waals surface area contributed by atoms with Gasteiger partial charge in [-0.3, -0.25) is 0 Å². The molecule has 2 nitrogen and oxygen atoms in total. The van der Waals surface area contributed by atoms with Crippen LogP contribution in [0.5, 0.6) is 0 Å². The molecule has 0 saturated heterocycles. The van der Waals surface area contributed by atoms with E-state index in [1.54, 1.807) is 6.07 Å². The quantitative estimate of drug-likeness (QED) is 0.889. The molecule has 2 aromatic rings. The number of anilines is 1. The summed E-state index contributed by atoms with van der Waals surface area (Å²) in [7, 11) is 0. The zero-order valence-electron chi connectivity index (χ0n) is 9.32. The molecule has 1 heterocycles. The van der Waals surface area contributed by atoms with Gasteiger partial charge in [0.1, 0.15) is 11.6 Å². The van der Waals surface area contributed by atoms with Crippen LogP contribution in [0, 0.1) is 5.82 Å². The minimum Gasteiger partial charge on any atom is -0.364 e. The van der Waals surface area contributed by atoms with Gasteiger partial charge in [-0.15, -0.1) is 0 Å². The third-order valence-electron chi connectivity index (χ3n) is 2.46.